The molecule has 0 spiro atoms. The van der Waals surface area contributed by atoms with E-state index in [1.807, 2.05) is 7.05 Å². The van der Waals surface area contributed by atoms with Crippen molar-refractivity contribution in [3.8, 4) is 0 Å². The summed E-state index contributed by atoms with van der Waals surface area (Å²) in [4.78, 5) is 16.6. The van der Waals surface area contributed by atoms with Crippen molar-refractivity contribution in [2.24, 2.45) is 9.98 Å². The summed E-state index contributed by atoms with van der Waals surface area (Å²) >= 11 is 0. The second-order valence-corrected chi connectivity index (χ2v) is 10.7. The molecule has 1 fully saturated rings. The minimum Gasteiger partial charge on any atom is -0.372 e. The third kappa shape index (κ3) is 9.32. The average molecular weight is 559 g/mol. The van der Waals surface area contributed by atoms with Crippen molar-refractivity contribution in [3.63, 3.8) is 0 Å². The van der Waals surface area contributed by atoms with Gasteiger partial charge >= 0.3 is 0 Å². The second-order valence-electron chi connectivity index (χ2n) is 10.7. The first-order valence-electron chi connectivity index (χ1n) is 15.0. The molecule has 0 aromatic heterocycles. The second kappa shape index (κ2) is 16.8. The number of amidine groups is 1. The third-order valence-corrected chi connectivity index (χ3v) is 8.45. The van der Waals surface area contributed by atoms with E-state index in [1.54, 1.807) is 6.20 Å². The van der Waals surface area contributed by atoms with Crippen LogP contribution in [0.15, 0.2) is 82.1 Å². The fourth-order valence-corrected chi connectivity index (χ4v) is 5.12. The summed E-state index contributed by atoms with van der Waals surface area (Å²) in [5.74, 6) is 0.867. The van der Waals surface area contributed by atoms with Crippen LogP contribution in [0.3, 0.4) is 0 Å². The molecule has 2 rings (SSSR count). The highest BCUT2D eigenvalue weighted by atomic mass is 15.3. The zero-order valence-electron chi connectivity index (χ0n) is 27.3. The molecule has 6 heteroatoms. The third-order valence-electron chi connectivity index (χ3n) is 8.45. The number of nitrogens with zero attached hydrogens (tertiary/aromatic N) is 5. The van der Waals surface area contributed by atoms with Crippen molar-refractivity contribution in [3.05, 3.63) is 88.8 Å². The van der Waals surface area contributed by atoms with Crippen molar-refractivity contribution in [1.82, 2.24) is 20.0 Å². The molecular weight excluding hydrogens is 504 g/mol. The standard InChI is InChI=1S/C35H54N6/c1-12-37-35(34-17-15-16-33(30(34)8)32(10)40(13-2)14-3)38-20-21-39-22-24-41(25-23-39)27(5)19-18-26(4)28(6)29(7)31(9)36-11/h12,15-19H,1,10,13-14,20-25H2,2-9,11H3,(H,37,38)/b26-18+,27-19+,29-28+,36-31?. The van der Waals surface area contributed by atoms with Crippen LogP contribution in [-0.4, -0.2) is 85.7 Å². The first-order chi connectivity index (χ1) is 19.6. The van der Waals surface area contributed by atoms with Crippen molar-refractivity contribution in [2.75, 3.05) is 59.4 Å². The summed E-state index contributed by atoms with van der Waals surface area (Å²) in [5.41, 5.74) is 10.7. The van der Waals surface area contributed by atoms with Crippen molar-refractivity contribution in [1.29, 1.82) is 0 Å². The lowest BCUT2D eigenvalue weighted by atomic mass is 9.99. The molecule has 0 radical (unpaired) electrons. The smallest absolute Gasteiger partial charge is 0.132 e. The van der Waals surface area contributed by atoms with E-state index in [2.05, 4.69) is 124 Å². The minimum absolute atomic E-state index is 0.735. The first-order valence-corrected chi connectivity index (χ1v) is 15.0. The highest BCUT2D eigenvalue weighted by molar-refractivity contribution is 6.01. The molecule has 0 unspecified atom stereocenters. The van der Waals surface area contributed by atoms with Gasteiger partial charge in [-0.1, -0.05) is 37.4 Å². The van der Waals surface area contributed by atoms with Gasteiger partial charge in [0.05, 0.1) is 6.54 Å². The predicted molar refractivity (Wildman–Crippen MR) is 181 cm³/mol. The van der Waals surface area contributed by atoms with Crippen LogP contribution in [0, 0.1) is 6.92 Å². The maximum atomic E-state index is 4.98. The minimum atomic E-state index is 0.735. The Morgan fingerprint density at radius 3 is 2.20 bits per heavy atom. The zero-order valence-corrected chi connectivity index (χ0v) is 27.3. The van der Waals surface area contributed by atoms with Gasteiger partial charge in [-0.2, -0.15) is 0 Å². The Morgan fingerprint density at radius 1 is 0.976 bits per heavy atom. The van der Waals surface area contributed by atoms with Crippen LogP contribution in [0.5, 0.6) is 0 Å². The van der Waals surface area contributed by atoms with Gasteiger partial charge in [0.1, 0.15) is 5.84 Å². The molecule has 224 valence electrons. The largest absolute Gasteiger partial charge is 0.372 e. The van der Waals surface area contributed by atoms with Gasteiger partial charge < -0.3 is 15.1 Å². The highest BCUT2D eigenvalue weighted by Gasteiger charge is 2.17. The molecule has 1 aromatic rings. The molecule has 1 aliphatic heterocycles. The van der Waals surface area contributed by atoms with Gasteiger partial charge in [0.25, 0.3) is 0 Å². The van der Waals surface area contributed by atoms with Gasteiger partial charge in [-0.25, -0.2) is 0 Å². The number of piperazine rings is 1. The number of benzene rings is 1. The van der Waals surface area contributed by atoms with Crippen LogP contribution in [0.1, 0.15) is 65.2 Å². The Balaban J connectivity index is 2.03. The van der Waals surface area contributed by atoms with Gasteiger partial charge in [0, 0.05) is 81.1 Å². The molecule has 41 heavy (non-hydrogen) atoms. The first kappa shape index (κ1) is 33.8. The lowest BCUT2D eigenvalue weighted by Gasteiger charge is -2.36. The molecule has 0 amide bonds. The molecule has 1 heterocycles. The summed E-state index contributed by atoms with van der Waals surface area (Å²) in [6, 6.07) is 6.38. The molecule has 0 saturated carbocycles. The van der Waals surface area contributed by atoms with Crippen LogP contribution >= 0.6 is 0 Å². The summed E-state index contributed by atoms with van der Waals surface area (Å²) in [7, 11) is 1.85. The number of aliphatic imine (C=N–C) groups is 2. The van der Waals surface area contributed by atoms with E-state index < -0.39 is 0 Å². The van der Waals surface area contributed by atoms with Crippen LogP contribution in [-0.2, 0) is 0 Å². The van der Waals surface area contributed by atoms with Crippen molar-refractivity contribution in [2.45, 2.75) is 55.4 Å². The quantitative estimate of drug-likeness (QED) is 0.167. The fraction of sp³-hybridized carbons (Fsp3) is 0.486. The normalized spacial score (nSPS) is 16.5. The number of hydrogen-bond acceptors (Lipinski definition) is 5. The van der Waals surface area contributed by atoms with Crippen molar-refractivity contribution >= 4 is 17.2 Å². The molecule has 1 N–H and O–H groups in total. The van der Waals surface area contributed by atoms with E-state index >= 15 is 0 Å². The number of nitrogens with one attached hydrogen (secondary N) is 1. The van der Waals surface area contributed by atoms with Crippen LogP contribution < -0.4 is 5.32 Å². The number of hydrogen-bond donors (Lipinski definition) is 1. The highest BCUT2D eigenvalue weighted by Crippen LogP contribution is 2.24. The predicted octanol–water partition coefficient (Wildman–Crippen LogP) is 6.68. The summed E-state index contributed by atoms with van der Waals surface area (Å²) in [6.07, 6.45) is 6.20. The van der Waals surface area contributed by atoms with E-state index in [0.717, 1.165) is 75.2 Å². The van der Waals surface area contributed by atoms with Gasteiger partial charge in [0.2, 0.25) is 0 Å². The molecule has 1 aliphatic rings. The summed E-state index contributed by atoms with van der Waals surface area (Å²) in [5, 5.41) is 3.29. The number of allylic oxidation sites excluding steroid dienone is 6. The maximum Gasteiger partial charge on any atom is 0.132 e. The van der Waals surface area contributed by atoms with E-state index in [-0.39, 0.29) is 0 Å². The van der Waals surface area contributed by atoms with Gasteiger partial charge in [-0.05, 0) is 89.9 Å². The van der Waals surface area contributed by atoms with Crippen LogP contribution in [0.2, 0.25) is 0 Å². The Morgan fingerprint density at radius 2 is 1.61 bits per heavy atom. The number of rotatable bonds is 13. The van der Waals surface area contributed by atoms with Gasteiger partial charge in [-0.15, -0.1) is 0 Å². The Hall–Kier alpha value is -3.38. The van der Waals surface area contributed by atoms with Crippen LogP contribution in [0.4, 0.5) is 0 Å². The molecule has 6 nitrogen and oxygen atoms in total. The SMILES string of the molecule is C=CNC(=NCCN1CCN(/C(C)=C/C=C(C)/C(C)=C(\C)C(C)=NC)CC1)c1cccc(C(=C)N(CC)CC)c1C. The fourth-order valence-electron chi connectivity index (χ4n) is 5.12. The average Bonchev–Trinajstić information content (AvgIpc) is 2.99. The molecule has 1 saturated heterocycles. The summed E-state index contributed by atoms with van der Waals surface area (Å²) in [6.45, 7) is 33.2. The van der Waals surface area contributed by atoms with Gasteiger partial charge in [-0.3, -0.25) is 14.9 Å². The lowest BCUT2D eigenvalue weighted by Crippen LogP contribution is -2.46. The molecule has 0 aliphatic carbocycles. The van der Waals surface area contributed by atoms with E-state index in [0.29, 0.717) is 0 Å². The monoisotopic (exact) mass is 558 g/mol. The Kier molecular flexibility index (Phi) is 13.8. The van der Waals surface area contributed by atoms with Gasteiger partial charge in [0.15, 0.2) is 0 Å². The van der Waals surface area contributed by atoms with Crippen molar-refractivity contribution < 1.29 is 0 Å². The lowest BCUT2D eigenvalue weighted by molar-refractivity contribution is 0.162. The Bertz CT molecular complexity index is 1200. The molecular formula is C35H54N6. The van der Waals surface area contributed by atoms with E-state index in [9.17, 15) is 0 Å². The molecule has 0 bridgehead atoms. The maximum absolute atomic E-state index is 4.98. The topological polar surface area (TPSA) is 46.5 Å². The zero-order chi connectivity index (χ0) is 30.5. The summed E-state index contributed by atoms with van der Waals surface area (Å²) < 4.78 is 0. The Labute approximate surface area is 250 Å². The van der Waals surface area contributed by atoms with E-state index in [1.165, 1.54) is 33.5 Å². The molecule has 0 atom stereocenters. The van der Waals surface area contributed by atoms with E-state index in [4.69, 9.17) is 4.99 Å². The molecule has 1 aromatic carbocycles. The van der Waals surface area contributed by atoms with Crippen LogP contribution in [0.25, 0.3) is 5.70 Å².